The van der Waals surface area contributed by atoms with Gasteiger partial charge in [-0.3, -0.25) is 0 Å². The van der Waals surface area contributed by atoms with Crippen LogP contribution in [0, 0.1) is 3.80 Å². The fourth-order valence-electron chi connectivity index (χ4n) is 13.0. The Kier molecular flexibility index (Phi) is 11.4. The van der Waals surface area contributed by atoms with Crippen LogP contribution in [-0.2, 0) is 35.6 Å². The number of imidazole rings is 1. The molecule has 0 fully saturated rings. The van der Waals surface area contributed by atoms with Gasteiger partial charge in [-0.2, -0.15) is 0 Å². The topological polar surface area (TPSA) is 46.1 Å². The van der Waals surface area contributed by atoms with Crippen molar-refractivity contribution in [2.75, 3.05) is 0 Å². The van der Waals surface area contributed by atoms with Crippen LogP contribution in [0.2, 0.25) is 0 Å². The van der Waals surface area contributed by atoms with Crippen LogP contribution in [0.25, 0.3) is 83.4 Å². The van der Waals surface area contributed by atoms with E-state index in [1.165, 1.54) is 44.5 Å². The maximum absolute atomic E-state index is 7.03. The van der Waals surface area contributed by atoms with Gasteiger partial charge < -0.3 is 4.74 Å². The van der Waals surface area contributed by atoms with Crippen LogP contribution in [0.1, 0.15) is 74.9 Å². The van der Waals surface area contributed by atoms with Gasteiger partial charge in [0.1, 0.15) is 11.5 Å². The average Bonchev–Trinajstić information content (AvgIpc) is 1.62. The van der Waals surface area contributed by atoms with Gasteiger partial charge in [-0.05, 0) is 40.5 Å². The second-order valence-electron chi connectivity index (χ2n) is 23.9. The summed E-state index contributed by atoms with van der Waals surface area (Å²) in [6, 6.07) is 85.5. The molecule has 7 heteroatoms. The van der Waals surface area contributed by atoms with E-state index in [1.807, 2.05) is 12.3 Å². The van der Waals surface area contributed by atoms with E-state index >= 15 is 0 Å². The molecule has 3 aromatic heterocycles. The zero-order valence-electron chi connectivity index (χ0n) is 46.5. The van der Waals surface area contributed by atoms with Crippen molar-refractivity contribution in [2.24, 2.45) is 0 Å². The molecule has 0 amide bonds. The third kappa shape index (κ3) is 7.72. The summed E-state index contributed by atoms with van der Waals surface area (Å²) in [4.78, 5) is 5.01. The summed E-state index contributed by atoms with van der Waals surface area (Å²) in [7, 11) is 0. The molecular weight excluding hydrogens is 1180 g/mol. The molecule has 4 heterocycles. The monoisotopic (exact) mass is 1240 g/mol. The van der Waals surface area contributed by atoms with Crippen LogP contribution in [-0.4, -0.2) is 18.7 Å². The quantitative estimate of drug-likeness (QED) is 0.160. The summed E-state index contributed by atoms with van der Waals surface area (Å²) in [6.07, 6.45) is 1.87. The first kappa shape index (κ1) is 49.9. The van der Waals surface area contributed by atoms with Crippen molar-refractivity contribution in [3.63, 3.8) is 0 Å². The van der Waals surface area contributed by atoms with E-state index < -0.39 is 5.41 Å². The molecule has 400 valence electrons. The zero-order valence-corrected chi connectivity index (χ0v) is 48.8. The molecule has 13 aromatic rings. The molecule has 6 nitrogen and oxygen atoms in total. The van der Waals surface area contributed by atoms with Gasteiger partial charge in [0.2, 0.25) is 0 Å². The van der Waals surface area contributed by atoms with Gasteiger partial charge in [0.05, 0.1) is 5.41 Å². The molecule has 82 heavy (non-hydrogen) atoms. The normalized spacial score (nSPS) is 13.3. The molecule has 0 N–H and O–H groups in total. The van der Waals surface area contributed by atoms with Crippen molar-refractivity contribution >= 4 is 32.8 Å². The van der Waals surface area contributed by atoms with Gasteiger partial charge >= 0.3 is 346 Å². The third-order valence-electron chi connectivity index (χ3n) is 16.9. The molecule has 0 saturated carbocycles. The van der Waals surface area contributed by atoms with Crippen molar-refractivity contribution in [3.8, 4) is 73.6 Å². The number of rotatable bonds is 7. The van der Waals surface area contributed by atoms with Gasteiger partial charge in [-0.1, -0.05) is 66.7 Å². The summed E-state index contributed by atoms with van der Waals surface area (Å²) in [6.45, 7) is 13.9. The van der Waals surface area contributed by atoms with E-state index in [9.17, 15) is 0 Å². The minimum atomic E-state index is -0.611. The molecule has 1 aliphatic heterocycles. The Morgan fingerprint density at radius 3 is 1.70 bits per heavy atom. The van der Waals surface area contributed by atoms with Crippen LogP contribution in [0.3, 0.4) is 0 Å². The Bertz CT molecular complexity index is 4720. The van der Waals surface area contributed by atoms with E-state index in [2.05, 4.69) is 305 Å². The number of fused-ring (bicyclic) bond motifs is 13. The summed E-state index contributed by atoms with van der Waals surface area (Å²) in [5.74, 6) is 4.02. The molecule has 0 atom stereocenters. The summed E-state index contributed by atoms with van der Waals surface area (Å²) in [5, 5.41) is 2.26. The number of hydrogen-bond acceptors (Lipinski definition) is 3. The SMILES string of the molecule is CC(C)(C)c1cc(-c2cccc(-c3ccccc3)c2-n2[c](=[Pt])n(-c3cccc(Oc4ccc5c6cc7c(cc6n(-c6ccccn6)c5c4)C4(c5ccccc5Oc5ccccc54)c4ccccc4-7)c3)c3ccccc32)cc(C(C)(C)C)c1. The van der Waals surface area contributed by atoms with Gasteiger partial charge in [0, 0.05) is 17.3 Å². The predicted octanol–water partition coefficient (Wildman–Crippen LogP) is 19.2. The zero-order chi connectivity index (χ0) is 55.6. The van der Waals surface area contributed by atoms with Gasteiger partial charge in [0.25, 0.3) is 0 Å². The fraction of sp³-hybridized carbons (Fsp3) is 0.120. The second kappa shape index (κ2) is 18.7. The van der Waals surface area contributed by atoms with Crippen molar-refractivity contribution in [1.82, 2.24) is 18.7 Å². The molecule has 0 saturated heterocycles. The molecule has 0 bridgehead atoms. The summed E-state index contributed by atoms with van der Waals surface area (Å²) < 4.78 is 21.9. The van der Waals surface area contributed by atoms with E-state index in [0.29, 0.717) is 0 Å². The first-order valence-corrected chi connectivity index (χ1v) is 29.3. The van der Waals surface area contributed by atoms with Crippen molar-refractivity contribution in [3.05, 3.63) is 280 Å². The molecule has 1 aliphatic carbocycles. The number of hydrogen-bond donors (Lipinski definition) is 0. The number of nitrogens with zero attached hydrogens (tertiary/aromatic N) is 4. The van der Waals surface area contributed by atoms with Gasteiger partial charge in [0.15, 0.2) is 0 Å². The Morgan fingerprint density at radius 1 is 0.415 bits per heavy atom. The van der Waals surface area contributed by atoms with E-state index in [0.717, 1.165) is 99.1 Å². The number of aromatic nitrogens is 4. The van der Waals surface area contributed by atoms with Crippen LogP contribution >= 0.6 is 0 Å². The Hall–Kier alpha value is -9.09. The minimum absolute atomic E-state index is 0.0500. The summed E-state index contributed by atoms with van der Waals surface area (Å²) >= 11 is 2.54. The van der Waals surface area contributed by atoms with Crippen molar-refractivity contribution in [1.29, 1.82) is 0 Å². The van der Waals surface area contributed by atoms with E-state index in [-0.39, 0.29) is 10.8 Å². The van der Waals surface area contributed by atoms with Crippen LogP contribution in [0.15, 0.2) is 243 Å². The first-order valence-electron chi connectivity index (χ1n) is 28.2. The van der Waals surface area contributed by atoms with Crippen LogP contribution in [0.4, 0.5) is 0 Å². The number of ether oxygens (including phenoxy) is 2. The molecule has 2 aliphatic rings. The molecular formula is C75H58N4O2Pt. The van der Waals surface area contributed by atoms with Gasteiger partial charge in [-0.15, -0.1) is 0 Å². The second-order valence-corrected chi connectivity index (χ2v) is 24.9. The Balaban J connectivity index is 0.886. The number of pyridine rings is 1. The molecule has 0 unspecified atom stereocenters. The average molecular weight is 1240 g/mol. The summed E-state index contributed by atoms with van der Waals surface area (Å²) in [5.41, 5.74) is 20.2. The standard InChI is InChI=1S/C75H58N4O2.Pt/c1-73(2,3)50-40-49(41-51(42-50)74(4,5)6)56-28-21-27-55(48-22-8-7-9-23-48)72(56)78-47-77(65-32-14-15-33-66(65)78)52-24-20-25-53(43-52)80-54-37-38-58-60-45-59-57-26-10-11-29-61(57)75(62-30-12-16-34-69(62)81-70-35-17-13-31-63(70)75)64(59)46-68(60)79(67(58)44-54)71-36-18-19-39-76-71;/h7-46H,1-6H3;. The first-order chi connectivity index (χ1) is 39.8. The number of benzene rings is 10. The third-order valence-corrected chi connectivity index (χ3v) is 17.9. The van der Waals surface area contributed by atoms with Crippen molar-refractivity contribution in [2.45, 2.75) is 57.8 Å². The van der Waals surface area contributed by atoms with Gasteiger partial charge in [-0.25, -0.2) is 0 Å². The fourth-order valence-corrected chi connectivity index (χ4v) is 14.1. The van der Waals surface area contributed by atoms with Crippen LogP contribution < -0.4 is 9.47 Å². The van der Waals surface area contributed by atoms with E-state index in [1.54, 1.807) is 0 Å². The molecule has 15 rings (SSSR count). The Labute approximate surface area is 488 Å². The maximum atomic E-state index is 7.03. The number of para-hydroxylation sites is 5. The molecule has 1 spiro atoms. The van der Waals surface area contributed by atoms with E-state index in [4.69, 9.17) is 14.5 Å². The Morgan fingerprint density at radius 2 is 1.00 bits per heavy atom. The molecule has 0 radical (unpaired) electrons. The van der Waals surface area contributed by atoms with Crippen LogP contribution in [0.5, 0.6) is 23.0 Å². The predicted molar refractivity (Wildman–Crippen MR) is 330 cm³/mol. The molecule has 10 aromatic carbocycles. The van der Waals surface area contributed by atoms with Crippen molar-refractivity contribution < 1.29 is 28.8 Å².